The van der Waals surface area contributed by atoms with Crippen LogP contribution < -0.4 is 4.74 Å². The molecular formula is C18H26N2O2. The normalized spacial score (nSPS) is 25.1. The van der Waals surface area contributed by atoms with E-state index in [1.54, 1.807) is 0 Å². The number of ether oxygens (including phenoxy) is 1. The highest BCUT2D eigenvalue weighted by atomic mass is 16.5. The fourth-order valence-electron chi connectivity index (χ4n) is 3.75. The van der Waals surface area contributed by atoms with E-state index in [9.17, 15) is 4.79 Å². The number of amides is 1. The minimum absolute atomic E-state index is 0.261. The summed E-state index contributed by atoms with van der Waals surface area (Å²) in [6, 6.07) is 8.81. The Kier molecular flexibility index (Phi) is 4.67. The van der Waals surface area contributed by atoms with Gasteiger partial charge in [0.25, 0.3) is 0 Å². The quantitative estimate of drug-likeness (QED) is 0.856. The van der Waals surface area contributed by atoms with Crippen LogP contribution in [0.25, 0.3) is 0 Å². The maximum absolute atomic E-state index is 12.6. The molecule has 4 nitrogen and oxygen atoms in total. The second kappa shape index (κ2) is 6.69. The van der Waals surface area contributed by atoms with Crippen molar-refractivity contribution in [3.63, 3.8) is 0 Å². The van der Waals surface area contributed by atoms with Gasteiger partial charge in [-0.15, -0.1) is 0 Å². The number of rotatable bonds is 4. The summed E-state index contributed by atoms with van der Waals surface area (Å²) in [4.78, 5) is 17.1. The van der Waals surface area contributed by atoms with Crippen LogP contribution in [0.4, 0.5) is 0 Å². The number of fused-ring (bicyclic) bond motifs is 2. The molecule has 0 spiro atoms. The summed E-state index contributed by atoms with van der Waals surface area (Å²) < 4.78 is 5.78. The smallest absolute Gasteiger partial charge is 0.226 e. The van der Waals surface area contributed by atoms with E-state index in [0.717, 1.165) is 37.2 Å². The monoisotopic (exact) mass is 302 g/mol. The van der Waals surface area contributed by atoms with Crippen molar-refractivity contribution in [1.29, 1.82) is 0 Å². The van der Waals surface area contributed by atoms with E-state index < -0.39 is 0 Å². The molecule has 2 bridgehead atoms. The third kappa shape index (κ3) is 3.27. The Balaban J connectivity index is 1.55. The Labute approximate surface area is 133 Å². The lowest BCUT2D eigenvalue weighted by atomic mass is 10.1. The summed E-state index contributed by atoms with van der Waals surface area (Å²) in [6.07, 6.45) is 3.91. The van der Waals surface area contributed by atoms with Crippen molar-refractivity contribution in [2.75, 3.05) is 26.7 Å². The van der Waals surface area contributed by atoms with Crippen molar-refractivity contribution in [2.45, 2.75) is 44.7 Å². The number of likely N-dealkylation sites (tertiary alicyclic amines) is 1. The topological polar surface area (TPSA) is 32.8 Å². The van der Waals surface area contributed by atoms with Crippen LogP contribution in [-0.2, 0) is 4.79 Å². The maximum Gasteiger partial charge on any atom is 0.226 e. The predicted molar refractivity (Wildman–Crippen MR) is 87.1 cm³/mol. The largest absolute Gasteiger partial charge is 0.493 e. The molecule has 1 aromatic carbocycles. The van der Waals surface area contributed by atoms with Gasteiger partial charge in [-0.1, -0.05) is 18.2 Å². The zero-order valence-corrected chi connectivity index (χ0v) is 13.6. The van der Waals surface area contributed by atoms with Gasteiger partial charge in [0, 0.05) is 18.6 Å². The van der Waals surface area contributed by atoms with Crippen molar-refractivity contribution in [3.05, 3.63) is 29.8 Å². The summed E-state index contributed by atoms with van der Waals surface area (Å²) in [5.74, 6) is 1.14. The highest BCUT2D eigenvalue weighted by Crippen LogP contribution is 2.30. The van der Waals surface area contributed by atoms with Crippen LogP contribution in [0.2, 0.25) is 0 Å². The van der Waals surface area contributed by atoms with Crippen molar-refractivity contribution >= 4 is 5.91 Å². The number of likely N-dealkylation sites (N-methyl/N-ethyl adjacent to an activating group) is 1. The minimum atomic E-state index is 0.261. The average molecular weight is 302 g/mol. The van der Waals surface area contributed by atoms with E-state index in [1.165, 1.54) is 6.42 Å². The molecule has 2 atom stereocenters. The van der Waals surface area contributed by atoms with E-state index >= 15 is 0 Å². The fraction of sp³-hybridized carbons (Fsp3) is 0.611. The van der Waals surface area contributed by atoms with Crippen molar-refractivity contribution in [1.82, 2.24) is 9.80 Å². The molecule has 3 rings (SSSR count). The first-order valence-electron chi connectivity index (χ1n) is 8.33. The first-order valence-corrected chi connectivity index (χ1v) is 8.33. The van der Waals surface area contributed by atoms with Crippen LogP contribution in [0.3, 0.4) is 0 Å². The second-order valence-electron chi connectivity index (χ2n) is 6.60. The summed E-state index contributed by atoms with van der Waals surface area (Å²) in [6.45, 7) is 4.61. The van der Waals surface area contributed by atoms with E-state index in [0.29, 0.717) is 25.1 Å². The molecule has 4 heteroatoms. The number of nitrogens with zero attached hydrogens (tertiary/aromatic N) is 2. The average Bonchev–Trinajstić information content (AvgIpc) is 2.80. The number of hydrogen-bond donors (Lipinski definition) is 0. The van der Waals surface area contributed by atoms with Crippen LogP contribution in [-0.4, -0.2) is 54.5 Å². The van der Waals surface area contributed by atoms with Crippen molar-refractivity contribution in [2.24, 2.45) is 0 Å². The molecule has 0 aliphatic carbocycles. The number of aryl methyl sites for hydroxylation is 1. The van der Waals surface area contributed by atoms with Gasteiger partial charge >= 0.3 is 0 Å². The highest BCUT2D eigenvalue weighted by Gasteiger charge is 2.38. The van der Waals surface area contributed by atoms with Crippen molar-refractivity contribution < 1.29 is 9.53 Å². The van der Waals surface area contributed by atoms with Gasteiger partial charge in [0.05, 0.1) is 13.0 Å². The van der Waals surface area contributed by atoms with E-state index in [4.69, 9.17) is 4.74 Å². The van der Waals surface area contributed by atoms with Gasteiger partial charge in [-0.05, 0) is 51.4 Å². The molecule has 2 aliphatic heterocycles. The Morgan fingerprint density at radius 3 is 2.82 bits per heavy atom. The summed E-state index contributed by atoms with van der Waals surface area (Å²) in [5.41, 5.74) is 1.12. The second-order valence-corrected chi connectivity index (χ2v) is 6.60. The Bertz CT molecular complexity index is 532. The molecule has 1 aromatic rings. The first-order chi connectivity index (χ1) is 10.6. The lowest BCUT2D eigenvalue weighted by Crippen LogP contribution is -2.43. The number of benzene rings is 1. The van der Waals surface area contributed by atoms with Crippen LogP contribution >= 0.6 is 0 Å². The molecule has 2 fully saturated rings. The zero-order valence-electron chi connectivity index (χ0n) is 13.6. The first kappa shape index (κ1) is 15.3. The Morgan fingerprint density at radius 1 is 1.23 bits per heavy atom. The molecule has 0 N–H and O–H groups in total. The molecule has 1 amide bonds. The molecule has 0 radical (unpaired) electrons. The standard InChI is InChI=1S/C18H26N2O2/c1-14-5-3-4-6-17(14)22-12-10-18(21)20-15-7-8-16(20)13-19(2)11-9-15/h3-6,15-16H,7-13H2,1-2H3/t15-,16+/m1/s1. The van der Waals surface area contributed by atoms with Gasteiger partial charge < -0.3 is 14.5 Å². The lowest BCUT2D eigenvalue weighted by Gasteiger charge is -2.28. The van der Waals surface area contributed by atoms with Crippen LogP contribution in [0.5, 0.6) is 5.75 Å². The molecule has 0 unspecified atom stereocenters. The number of carbonyl (C=O) groups is 1. The predicted octanol–water partition coefficient (Wildman–Crippen LogP) is 2.46. The Hall–Kier alpha value is -1.55. The maximum atomic E-state index is 12.6. The third-order valence-corrected chi connectivity index (χ3v) is 4.94. The lowest BCUT2D eigenvalue weighted by molar-refractivity contribution is -0.134. The number of para-hydroxylation sites is 1. The van der Waals surface area contributed by atoms with Crippen LogP contribution in [0.15, 0.2) is 24.3 Å². The van der Waals surface area contributed by atoms with E-state index in [2.05, 4.69) is 16.8 Å². The SMILES string of the molecule is Cc1ccccc1OCCC(=O)N1[C@@H]2CC[C@H]1CN(C)CC2. The molecule has 2 aliphatic rings. The zero-order chi connectivity index (χ0) is 15.5. The summed E-state index contributed by atoms with van der Waals surface area (Å²) in [7, 11) is 2.16. The van der Waals surface area contributed by atoms with Gasteiger partial charge in [-0.3, -0.25) is 4.79 Å². The molecule has 2 saturated heterocycles. The number of carbonyl (C=O) groups excluding carboxylic acids is 1. The van der Waals surface area contributed by atoms with Gasteiger partial charge in [0.2, 0.25) is 5.91 Å². The van der Waals surface area contributed by atoms with Crippen molar-refractivity contribution in [3.8, 4) is 5.75 Å². The van der Waals surface area contributed by atoms with Crippen LogP contribution in [0.1, 0.15) is 31.2 Å². The summed E-state index contributed by atoms with van der Waals surface area (Å²) >= 11 is 0. The third-order valence-electron chi connectivity index (χ3n) is 4.94. The highest BCUT2D eigenvalue weighted by molar-refractivity contribution is 5.77. The fourth-order valence-corrected chi connectivity index (χ4v) is 3.75. The number of hydrogen-bond acceptors (Lipinski definition) is 3. The molecule has 0 aromatic heterocycles. The molecule has 2 heterocycles. The molecule has 22 heavy (non-hydrogen) atoms. The van der Waals surface area contributed by atoms with Crippen LogP contribution in [0, 0.1) is 6.92 Å². The van der Waals surface area contributed by atoms with E-state index in [1.807, 2.05) is 31.2 Å². The minimum Gasteiger partial charge on any atom is -0.493 e. The van der Waals surface area contributed by atoms with Gasteiger partial charge in [-0.2, -0.15) is 0 Å². The Morgan fingerprint density at radius 2 is 2.00 bits per heavy atom. The molecule has 120 valence electrons. The van der Waals surface area contributed by atoms with E-state index in [-0.39, 0.29) is 5.91 Å². The van der Waals surface area contributed by atoms with Gasteiger partial charge in [0.1, 0.15) is 5.75 Å². The summed E-state index contributed by atoms with van der Waals surface area (Å²) in [5, 5.41) is 0. The molecular weight excluding hydrogens is 276 g/mol. The molecule has 0 saturated carbocycles. The van der Waals surface area contributed by atoms with Gasteiger partial charge in [-0.25, -0.2) is 0 Å². The van der Waals surface area contributed by atoms with Gasteiger partial charge in [0.15, 0.2) is 0 Å².